The normalized spacial score (nSPS) is 14.1. The number of carbonyl (C=O) groups excluding carboxylic acids is 3. The number of ether oxygens (including phenoxy) is 3. The highest BCUT2D eigenvalue weighted by molar-refractivity contribution is 14.1. The number of hydrogen-bond donors (Lipinski definition) is 1. The summed E-state index contributed by atoms with van der Waals surface area (Å²) in [5.74, 6) is 1.19. The summed E-state index contributed by atoms with van der Waals surface area (Å²) in [6.07, 6.45) is 1.65. The lowest BCUT2D eigenvalue weighted by atomic mass is 10.0. The Hall–Kier alpha value is -3.51. The number of halogens is 1. The van der Waals surface area contributed by atoms with E-state index in [0.29, 0.717) is 31.2 Å². The number of aryl methyl sites for hydroxylation is 1. The van der Waals surface area contributed by atoms with E-state index in [1.54, 1.807) is 30.3 Å². The van der Waals surface area contributed by atoms with Gasteiger partial charge in [-0.3, -0.25) is 19.3 Å². The van der Waals surface area contributed by atoms with Crippen molar-refractivity contribution in [3.05, 3.63) is 85.8 Å². The van der Waals surface area contributed by atoms with Gasteiger partial charge in [0.25, 0.3) is 17.1 Å². The van der Waals surface area contributed by atoms with Crippen LogP contribution in [0.25, 0.3) is 6.08 Å². The van der Waals surface area contributed by atoms with Gasteiger partial charge in [0.2, 0.25) is 0 Å². The first-order valence-corrected chi connectivity index (χ1v) is 14.9. The predicted molar refractivity (Wildman–Crippen MR) is 170 cm³/mol. The molecule has 0 spiro atoms. The minimum Gasteiger partial charge on any atom is -0.493 e. The molecule has 10 heteroatoms. The van der Waals surface area contributed by atoms with E-state index in [2.05, 4.69) is 41.8 Å². The quantitative estimate of drug-likeness (QED) is 0.174. The van der Waals surface area contributed by atoms with Gasteiger partial charge in [-0.1, -0.05) is 44.2 Å². The fourth-order valence-corrected chi connectivity index (χ4v) is 5.80. The third-order valence-corrected chi connectivity index (χ3v) is 7.90. The molecule has 0 atom stereocenters. The van der Waals surface area contributed by atoms with Crippen LogP contribution in [-0.2, 0) is 9.59 Å². The highest BCUT2D eigenvalue weighted by atomic mass is 127. The lowest BCUT2D eigenvalue weighted by molar-refractivity contribution is -0.123. The number of methoxy groups -OCH3 is 1. The molecule has 0 unspecified atom stereocenters. The van der Waals surface area contributed by atoms with Crippen LogP contribution in [0.2, 0.25) is 0 Å². The Morgan fingerprint density at radius 2 is 1.80 bits per heavy atom. The minimum atomic E-state index is -0.371. The van der Waals surface area contributed by atoms with Crippen LogP contribution in [0.4, 0.5) is 10.5 Å². The summed E-state index contributed by atoms with van der Waals surface area (Å²) < 4.78 is 18.0. The van der Waals surface area contributed by atoms with Crippen LogP contribution in [0.5, 0.6) is 17.2 Å². The molecule has 0 bridgehead atoms. The minimum absolute atomic E-state index is 0.145. The number of thioether (sulfide) groups is 1. The predicted octanol–water partition coefficient (Wildman–Crippen LogP) is 6.86. The summed E-state index contributed by atoms with van der Waals surface area (Å²) in [7, 11) is 1.50. The molecular formula is C31H31IN2O6S. The molecule has 0 aromatic heterocycles. The Labute approximate surface area is 257 Å². The highest BCUT2D eigenvalue weighted by Crippen LogP contribution is 2.37. The number of rotatable bonds is 11. The van der Waals surface area contributed by atoms with Gasteiger partial charge in [0.15, 0.2) is 18.1 Å². The number of amides is 3. The first-order chi connectivity index (χ1) is 19.7. The van der Waals surface area contributed by atoms with Crippen molar-refractivity contribution < 1.29 is 28.6 Å². The van der Waals surface area contributed by atoms with E-state index in [1.807, 2.05) is 43.3 Å². The monoisotopic (exact) mass is 686 g/mol. The molecule has 3 aromatic rings. The van der Waals surface area contributed by atoms with E-state index in [1.165, 1.54) is 12.0 Å². The highest BCUT2D eigenvalue weighted by Gasteiger charge is 2.35. The molecule has 0 saturated carbocycles. The molecule has 1 aliphatic heterocycles. The van der Waals surface area contributed by atoms with Crippen molar-refractivity contribution in [2.45, 2.75) is 26.7 Å². The van der Waals surface area contributed by atoms with Crippen molar-refractivity contribution in [2.24, 2.45) is 0 Å². The van der Waals surface area contributed by atoms with Crippen LogP contribution in [0.3, 0.4) is 0 Å². The third-order valence-electron chi connectivity index (χ3n) is 6.19. The summed E-state index contributed by atoms with van der Waals surface area (Å²) in [6, 6.07) is 18.7. The summed E-state index contributed by atoms with van der Waals surface area (Å²) in [5, 5.41) is 2.43. The van der Waals surface area contributed by atoms with Crippen molar-refractivity contribution in [3.63, 3.8) is 0 Å². The van der Waals surface area contributed by atoms with Crippen LogP contribution in [0.15, 0.2) is 65.6 Å². The maximum Gasteiger partial charge on any atom is 0.293 e. The van der Waals surface area contributed by atoms with Gasteiger partial charge >= 0.3 is 0 Å². The summed E-state index contributed by atoms with van der Waals surface area (Å²) >= 11 is 2.97. The molecule has 1 N–H and O–H groups in total. The van der Waals surface area contributed by atoms with Gasteiger partial charge in [-0.25, -0.2) is 0 Å². The van der Waals surface area contributed by atoms with E-state index in [-0.39, 0.29) is 42.7 Å². The summed E-state index contributed by atoms with van der Waals surface area (Å²) in [6.45, 7) is 6.32. The number of nitrogens with zero attached hydrogens (tertiary/aromatic N) is 1. The number of carbonyl (C=O) groups is 3. The number of imide groups is 1. The molecule has 41 heavy (non-hydrogen) atoms. The molecule has 1 aliphatic rings. The number of hydrogen-bond acceptors (Lipinski definition) is 7. The van der Waals surface area contributed by atoms with E-state index in [9.17, 15) is 14.4 Å². The van der Waals surface area contributed by atoms with Gasteiger partial charge in [-0.15, -0.1) is 0 Å². The van der Waals surface area contributed by atoms with Crippen molar-refractivity contribution in [1.82, 2.24) is 4.90 Å². The molecule has 0 radical (unpaired) electrons. The van der Waals surface area contributed by atoms with Crippen LogP contribution < -0.4 is 19.5 Å². The maximum atomic E-state index is 13.1. The standard InChI is InChI=1S/C31H31IN2O6S/c1-19(2)23-11-10-20(3)14-25(23)39-13-12-34-30(36)27(41-31(34)37)17-21-15-24(32)29(26(16-21)38-4)40-18-28(35)33-22-8-6-5-7-9-22/h5-11,14-17,19H,12-13,18H2,1-4H3,(H,33,35)/b27-17-. The van der Waals surface area contributed by atoms with Crippen molar-refractivity contribution in [2.75, 3.05) is 32.2 Å². The third kappa shape index (κ3) is 7.82. The zero-order valence-corrected chi connectivity index (χ0v) is 26.2. The van der Waals surface area contributed by atoms with Crippen LogP contribution in [0.1, 0.15) is 36.5 Å². The Kier molecular flexibility index (Phi) is 10.3. The Balaban J connectivity index is 1.40. The van der Waals surface area contributed by atoms with Gasteiger partial charge in [0.05, 0.1) is 22.1 Å². The van der Waals surface area contributed by atoms with E-state index in [4.69, 9.17) is 14.2 Å². The molecule has 1 fully saturated rings. The Bertz CT molecular complexity index is 1470. The smallest absolute Gasteiger partial charge is 0.293 e. The molecule has 1 heterocycles. The lowest BCUT2D eigenvalue weighted by Crippen LogP contribution is -2.32. The Morgan fingerprint density at radius 3 is 2.51 bits per heavy atom. The molecule has 8 nitrogen and oxygen atoms in total. The first-order valence-electron chi connectivity index (χ1n) is 13.0. The number of para-hydroxylation sites is 1. The first kappa shape index (κ1) is 30.4. The largest absolute Gasteiger partial charge is 0.493 e. The van der Waals surface area contributed by atoms with Crippen molar-refractivity contribution in [3.8, 4) is 17.2 Å². The summed E-state index contributed by atoms with van der Waals surface area (Å²) in [5.41, 5.74) is 3.50. The zero-order valence-electron chi connectivity index (χ0n) is 23.2. The van der Waals surface area contributed by atoms with Gasteiger partial charge in [0, 0.05) is 5.69 Å². The van der Waals surface area contributed by atoms with E-state index >= 15 is 0 Å². The van der Waals surface area contributed by atoms with Crippen LogP contribution in [-0.4, -0.2) is 48.8 Å². The van der Waals surface area contributed by atoms with Crippen LogP contribution in [0, 0.1) is 10.5 Å². The number of benzene rings is 3. The molecule has 3 amide bonds. The topological polar surface area (TPSA) is 94.2 Å². The number of nitrogens with one attached hydrogen (secondary N) is 1. The zero-order chi connectivity index (χ0) is 29.5. The maximum absolute atomic E-state index is 13.1. The van der Waals surface area contributed by atoms with Crippen molar-refractivity contribution in [1.29, 1.82) is 0 Å². The average molecular weight is 687 g/mol. The molecular weight excluding hydrogens is 655 g/mol. The second-order valence-corrected chi connectivity index (χ2v) is 11.8. The average Bonchev–Trinajstić information content (AvgIpc) is 3.19. The van der Waals surface area contributed by atoms with Gasteiger partial charge in [-0.2, -0.15) is 0 Å². The number of anilines is 1. The second kappa shape index (κ2) is 13.9. The fourth-order valence-electron chi connectivity index (χ4n) is 4.15. The van der Waals surface area contributed by atoms with Crippen molar-refractivity contribution >= 4 is 63.2 Å². The molecule has 1 saturated heterocycles. The Morgan fingerprint density at radius 1 is 1.05 bits per heavy atom. The van der Waals surface area contributed by atoms with Gasteiger partial charge in [-0.05, 0) is 100 Å². The molecule has 214 valence electrons. The SMILES string of the molecule is COc1cc(/C=C2\SC(=O)N(CCOc3cc(C)ccc3C(C)C)C2=O)cc(I)c1OCC(=O)Nc1ccccc1. The van der Waals surface area contributed by atoms with Gasteiger partial charge in [0.1, 0.15) is 12.4 Å². The lowest BCUT2D eigenvalue weighted by Gasteiger charge is -2.17. The molecule has 3 aromatic carbocycles. The summed E-state index contributed by atoms with van der Waals surface area (Å²) in [4.78, 5) is 39.6. The molecule has 4 rings (SSSR count). The van der Waals surface area contributed by atoms with E-state index in [0.717, 1.165) is 28.6 Å². The molecule has 0 aliphatic carbocycles. The van der Waals surface area contributed by atoms with Gasteiger partial charge < -0.3 is 19.5 Å². The second-order valence-electron chi connectivity index (χ2n) is 9.61. The van der Waals surface area contributed by atoms with Crippen LogP contribution >= 0.6 is 34.4 Å². The van der Waals surface area contributed by atoms with E-state index < -0.39 is 0 Å². The fraction of sp³-hybridized carbons (Fsp3) is 0.258.